The molecule has 0 aliphatic carbocycles. The molecule has 5 aromatic carbocycles. The average Bonchev–Trinajstić information content (AvgIpc) is 3.36. The predicted octanol–water partition coefficient (Wildman–Crippen LogP) is 9.04. The van der Waals surface area contributed by atoms with Gasteiger partial charge in [0.05, 0.1) is 11.1 Å². The molecule has 7 aromatic rings. The molecule has 2 aromatic heterocycles. The van der Waals surface area contributed by atoms with Gasteiger partial charge < -0.3 is 4.42 Å². The molecule has 0 aliphatic rings. The number of hydrogen-bond acceptors (Lipinski definition) is 3. The molecule has 2 heterocycles. The van der Waals surface area contributed by atoms with Crippen molar-refractivity contribution in [3.63, 3.8) is 0 Å². The van der Waals surface area contributed by atoms with E-state index in [4.69, 9.17) is 14.4 Å². The molecule has 0 N–H and O–H groups in total. The van der Waals surface area contributed by atoms with Crippen molar-refractivity contribution in [1.29, 1.82) is 0 Å². The highest BCUT2D eigenvalue weighted by Gasteiger charge is 2.18. The molecule has 3 heteroatoms. The maximum Gasteiger partial charge on any atom is 0.231 e. The van der Waals surface area contributed by atoms with Crippen LogP contribution in [0.15, 0.2) is 138 Å². The summed E-state index contributed by atoms with van der Waals surface area (Å²) in [5.74, 6) is 0.645. The molecule has 0 atom stereocenters. The van der Waals surface area contributed by atoms with Crippen LogP contribution in [0.1, 0.15) is 0 Å². The summed E-state index contributed by atoms with van der Waals surface area (Å²) in [7, 11) is 0. The maximum absolute atomic E-state index is 6.23. The number of aromatic nitrogens is 2. The van der Waals surface area contributed by atoms with Gasteiger partial charge in [-0.25, -0.2) is 4.98 Å². The Labute approximate surface area is 214 Å². The largest absolute Gasteiger partial charge is 0.438 e. The fraction of sp³-hybridized carbons (Fsp3) is 0. The molecule has 0 bridgehead atoms. The van der Waals surface area contributed by atoms with E-state index < -0.39 is 0 Å². The fourth-order valence-electron chi connectivity index (χ4n) is 4.88. The second-order valence-corrected chi connectivity index (χ2v) is 9.06. The Morgan fingerprint density at radius 2 is 1.00 bits per heavy atom. The lowest BCUT2D eigenvalue weighted by Crippen LogP contribution is -1.94. The van der Waals surface area contributed by atoms with Gasteiger partial charge >= 0.3 is 0 Å². The topological polar surface area (TPSA) is 38.9 Å². The van der Waals surface area contributed by atoms with E-state index in [9.17, 15) is 0 Å². The summed E-state index contributed by atoms with van der Waals surface area (Å²) in [6, 6.07) is 45.8. The molecule has 37 heavy (non-hydrogen) atoms. The SMILES string of the molecule is c1ccc(-c2ccc(-c3nc(-c4cccc(-c5ccccc5)c4)nc4oc5ccccc5c34)cc2)cc1. The van der Waals surface area contributed by atoms with Crippen LogP contribution in [0.2, 0.25) is 0 Å². The molecule has 0 spiro atoms. The van der Waals surface area contributed by atoms with E-state index in [1.54, 1.807) is 0 Å². The van der Waals surface area contributed by atoms with Gasteiger partial charge in [-0.3, -0.25) is 0 Å². The number of furan rings is 1. The quantitative estimate of drug-likeness (QED) is 0.255. The molecule has 0 unspecified atom stereocenters. The first kappa shape index (κ1) is 21.3. The van der Waals surface area contributed by atoms with Gasteiger partial charge in [0.25, 0.3) is 0 Å². The summed E-state index contributed by atoms with van der Waals surface area (Å²) < 4.78 is 6.23. The van der Waals surface area contributed by atoms with E-state index in [0.717, 1.165) is 44.3 Å². The highest BCUT2D eigenvalue weighted by molar-refractivity contribution is 6.10. The average molecular weight is 475 g/mol. The van der Waals surface area contributed by atoms with Crippen molar-refractivity contribution in [3.8, 4) is 44.9 Å². The van der Waals surface area contributed by atoms with Crippen molar-refractivity contribution < 1.29 is 4.42 Å². The second kappa shape index (κ2) is 8.89. The lowest BCUT2D eigenvalue weighted by atomic mass is 10.0. The highest BCUT2D eigenvalue weighted by Crippen LogP contribution is 2.37. The number of fused-ring (bicyclic) bond motifs is 3. The number of para-hydroxylation sites is 1. The lowest BCUT2D eigenvalue weighted by Gasteiger charge is -2.09. The summed E-state index contributed by atoms with van der Waals surface area (Å²) in [4.78, 5) is 10.0. The van der Waals surface area contributed by atoms with Crippen molar-refractivity contribution in [2.24, 2.45) is 0 Å². The summed E-state index contributed by atoms with van der Waals surface area (Å²) in [5.41, 5.74) is 8.89. The van der Waals surface area contributed by atoms with Gasteiger partial charge in [0.15, 0.2) is 5.82 Å². The van der Waals surface area contributed by atoms with E-state index in [1.807, 2.05) is 30.3 Å². The first-order valence-electron chi connectivity index (χ1n) is 12.3. The van der Waals surface area contributed by atoms with Gasteiger partial charge in [-0.15, -0.1) is 0 Å². The van der Waals surface area contributed by atoms with Crippen LogP contribution in [0.25, 0.3) is 67.0 Å². The summed E-state index contributed by atoms with van der Waals surface area (Å²) in [6.45, 7) is 0. The Balaban J connectivity index is 1.42. The third kappa shape index (κ3) is 3.87. The molecule has 0 saturated heterocycles. The van der Waals surface area contributed by atoms with Crippen LogP contribution in [0.4, 0.5) is 0 Å². The Morgan fingerprint density at radius 1 is 0.432 bits per heavy atom. The van der Waals surface area contributed by atoms with Crippen LogP contribution in [0.5, 0.6) is 0 Å². The minimum atomic E-state index is 0.596. The van der Waals surface area contributed by atoms with E-state index in [-0.39, 0.29) is 0 Å². The van der Waals surface area contributed by atoms with Crippen LogP contribution < -0.4 is 0 Å². The third-order valence-electron chi connectivity index (χ3n) is 6.73. The normalized spacial score (nSPS) is 11.2. The molecule has 0 saturated carbocycles. The zero-order valence-electron chi connectivity index (χ0n) is 20.0. The van der Waals surface area contributed by atoms with Crippen LogP contribution >= 0.6 is 0 Å². The van der Waals surface area contributed by atoms with Crippen LogP contribution in [-0.4, -0.2) is 9.97 Å². The van der Waals surface area contributed by atoms with Crippen LogP contribution in [0.3, 0.4) is 0 Å². The van der Waals surface area contributed by atoms with Gasteiger partial charge in [0, 0.05) is 16.5 Å². The molecular formula is C34H22N2O. The second-order valence-electron chi connectivity index (χ2n) is 9.06. The third-order valence-corrected chi connectivity index (χ3v) is 6.73. The van der Waals surface area contributed by atoms with Crippen LogP contribution in [-0.2, 0) is 0 Å². The van der Waals surface area contributed by atoms with Crippen molar-refractivity contribution in [2.75, 3.05) is 0 Å². The van der Waals surface area contributed by atoms with E-state index in [1.165, 1.54) is 11.1 Å². The first-order chi connectivity index (χ1) is 18.3. The molecule has 0 aliphatic heterocycles. The predicted molar refractivity (Wildman–Crippen MR) is 151 cm³/mol. The summed E-state index contributed by atoms with van der Waals surface area (Å²) in [6.07, 6.45) is 0. The minimum Gasteiger partial charge on any atom is -0.438 e. The Morgan fingerprint density at radius 3 is 1.76 bits per heavy atom. The van der Waals surface area contributed by atoms with E-state index in [2.05, 4.69) is 103 Å². The highest BCUT2D eigenvalue weighted by atomic mass is 16.3. The number of hydrogen-bond donors (Lipinski definition) is 0. The van der Waals surface area contributed by atoms with Gasteiger partial charge in [-0.1, -0.05) is 121 Å². The number of benzene rings is 5. The molecule has 0 amide bonds. The standard InChI is InChI=1S/C34H22N2O/c1-3-10-23(11-4-1)25-18-20-26(21-19-25)32-31-29-16-7-8-17-30(29)37-34(31)36-33(35-32)28-15-9-14-27(22-28)24-12-5-2-6-13-24/h1-22H. The Bertz CT molecular complexity index is 1850. The molecular weight excluding hydrogens is 452 g/mol. The van der Waals surface area contributed by atoms with Crippen LogP contribution in [0, 0.1) is 0 Å². The molecule has 0 radical (unpaired) electrons. The number of nitrogens with zero attached hydrogens (tertiary/aromatic N) is 2. The van der Waals surface area contributed by atoms with Gasteiger partial charge in [0.1, 0.15) is 5.58 Å². The molecule has 0 fully saturated rings. The summed E-state index contributed by atoms with van der Waals surface area (Å²) >= 11 is 0. The first-order valence-corrected chi connectivity index (χ1v) is 12.3. The monoisotopic (exact) mass is 474 g/mol. The van der Waals surface area contributed by atoms with Crippen molar-refractivity contribution in [2.45, 2.75) is 0 Å². The van der Waals surface area contributed by atoms with Gasteiger partial charge in [-0.05, 0) is 34.4 Å². The lowest BCUT2D eigenvalue weighted by molar-refractivity contribution is 0.653. The molecule has 7 rings (SSSR count). The van der Waals surface area contributed by atoms with Gasteiger partial charge in [0.2, 0.25) is 5.71 Å². The van der Waals surface area contributed by atoms with Gasteiger partial charge in [-0.2, -0.15) is 4.98 Å². The van der Waals surface area contributed by atoms with Crippen molar-refractivity contribution >= 4 is 22.1 Å². The Hall–Kier alpha value is -5.02. The van der Waals surface area contributed by atoms with E-state index in [0.29, 0.717) is 11.5 Å². The number of rotatable bonds is 4. The minimum absolute atomic E-state index is 0.596. The Kier molecular flexibility index (Phi) is 5.11. The molecule has 174 valence electrons. The smallest absolute Gasteiger partial charge is 0.231 e. The fourth-order valence-corrected chi connectivity index (χ4v) is 4.88. The molecule has 3 nitrogen and oxygen atoms in total. The summed E-state index contributed by atoms with van der Waals surface area (Å²) in [5, 5.41) is 1.95. The zero-order chi connectivity index (χ0) is 24.6. The van der Waals surface area contributed by atoms with E-state index >= 15 is 0 Å². The van der Waals surface area contributed by atoms with Crippen molar-refractivity contribution in [1.82, 2.24) is 9.97 Å². The van der Waals surface area contributed by atoms with Crippen molar-refractivity contribution in [3.05, 3.63) is 133 Å². The zero-order valence-corrected chi connectivity index (χ0v) is 20.0. The maximum atomic E-state index is 6.23.